The Kier molecular flexibility index (Phi) is 4.69. The second kappa shape index (κ2) is 7.31. The second-order valence-electron chi connectivity index (χ2n) is 7.03. The van der Waals surface area contributed by atoms with Gasteiger partial charge in [0.25, 0.3) is 11.6 Å². The molecule has 28 heavy (non-hydrogen) atoms. The number of non-ortho nitro benzene ring substituents is 1. The van der Waals surface area contributed by atoms with E-state index < -0.39 is 0 Å². The van der Waals surface area contributed by atoms with E-state index in [2.05, 4.69) is 0 Å². The number of amides is 1. The lowest BCUT2D eigenvalue weighted by Crippen LogP contribution is -2.50. The van der Waals surface area contributed by atoms with E-state index in [1.807, 2.05) is 48.3 Å². The van der Waals surface area contributed by atoms with Crippen LogP contribution in [0.2, 0.25) is 0 Å². The third kappa shape index (κ3) is 3.17. The van der Waals surface area contributed by atoms with Crippen molar-refractivity contribution in [1.82, 2.24) is 5.01 Å². The summed E-state index contributed by atoms with van der Waals surface area (Å²) in [6, 6.07) is 18.1. The van der Waals surface area contributed by atoms with Gasteiger partial charge in [-0.1, -0.05) is 35.9 Å². The maximum absolute atomic E-state index is 13.2. The van der Waals surface area contributed by atoms with Crippen molar-refractivity contribution < 1.29 is 9.72 Å². The first-order chi connectivity index (χ1) is 13.6. The van der Waals surface area contributed by atoms with Crippen LogP contribution < -0.4 is 5.01 Å². The summed E-state index contributed by atoms with van der Waals surface area (Å²) in [6.07, 6.45) is 1.89. The number of hydrogen-bond acceptors (Lipinski definition) is 4. The number of nitro benzene ring substituents is 1. The van der Waals surface area contributed by atoms with Crippen LogP contribution in [0.1, 0.15) is 28.8 Å². The minimum atomic E-state index is -0.364. The van der Waals surface area contributed by atoms with Crippen molar-refractivity contribution in [2.75, 3.05) is 18.1 Å². The molecule has 0 atom stereocenters. The molecule has 1 aliphatic heterocycles. The SMILES string of the molecule is Cc1ccc(C(=O)N2CCCCN2c2ccc([N+](=O)[O-])c3ccccc23)cc1. The highest BCUT2D eigenvalue weighted by Crippen LogP contribution is 2.35. The van der Waals surface area contributed by atoms with Crippen LogP contribution >= 0.6 is 0 Å². The van der Waals surface area contributed by atoms with Gasteiger partial charge in [0.05, 0.1) is 16.0 Å². The Hall–Kier alpha value is -3.41. The Morgan fingerprint density at radius 1 is 0.929 bits per heavy atom. The van der Waals surface area contributed by atoms with Crippen molar-refractivity contribution >= 4 is 28.1 Å². The summed E-state index contributed by atoms with van der Waals surface area (Å²) in [6.45, 7) is 3.31. The van der Waals surface area contributed by atoms with Gasteiger partial charge >= 0.3 is 0 Å². The fraction of sp³-hybridized carbons (Fsp3) is 0.227. The molecule has 0 radical (unpaired) electrons. The Labute approximate surface area is 163 Å². The van der Waals surface area contributed by atoms with Crippen LogP contribution in [0.15, 0.2) is 60.7 Å². The number of hydrazine groups is 1. The van der Waals surface area contributed by atoms with Gasteiger partial charge in [0.2, 0.25) is 0 Å². The summed E-state index contributed by atoms with van der Waals surface area (Å²) in [4.78, 5) is 24.2. The number of benzene rings is 3. The molecule has 0 aromatic heterocycles. The van der Waals surface area contributed by atoms with E-state index in [-0.39, 0.29) is 16.5 Å². The second-order valence-corrected chi connectivity index (χ2v) is 7.03. The lowest BCUT2D eigenvalue weighted by Gasteiger charge is -2.40. The van der Waals surface area contributed by atoms with Crippen LogP contribution in [0.3, 0.4) is 0 Å². The molecule has 0 N–H and O–H groups in total. The number of nitro groups is 1. The van der Waals surface area contributed by atoms with Crippen LogP contribution in [0, 0.1) is 17.0 Å². The molecule has 0 aliphatic carbocycles. The van der Waals surface area contributed by atoms with Crippen molar-refractivity contribution in [2.24, 2.45) is 0 Å². The molecule has 1 fully saturated rings. The van der Waals surface area contributed by atoms with Crippen LogP contribution in [0.4, 0.5) is 11.4 Å². The predicted octanol–water partition coefficient (Wildman–Crippen LogP) is 4.71. The zero-order valence-electron chi connectivity index (χ0n) is 15.7. The average Bonchev–Trinajstić information content (AvgIpc) is 2.73. The third-order valence-corrected chi connectivity index (χ3v) is 5.17. The van der Waals surface area contributed by atoms with Gasteiger partial charge < -0.3 is 0 Å². The number of carbonyl (C=O) groups excluding carboxylic acids is 1. The molecule has 0 bridgehead atoms. The molecule has 142 valence electrons. The van der Waals surface area contributed by atoms with Crippen molar-refractivity contribution in [3.05, 3.63) is 81.9 Å². The van der Waals surface area contributed by atoms with Crippen LogP contribution in [0.5, 0.6) is 0 Å². The van der Waals surface area contributed by atoms with E-state index in [0.717, 1.165) is 29.5 Å². The van der Waals surface area contributed by atoms with Crippen molar-refractivity contribution in [3.63, 3.8) is 0 Å². The predicted molar refractivity (Wildman–Crippen MR) is 109 cm³/mol. The normalized spacial score (nSPS) is 14.3. The van der Waals surface area contributed by atoms with Gasteiger partial charge in [-0.25, -0.2) is 5.01 Å². The van der Waals surface area contributed by atoms with Crippen molar-refractivity contribution in [1.29, 1.82) is 0 Å². The molecule has 6 nitrogen and oxygen atoms in total. The number of fused-ring (bicyclic) bond motifs is 1. The molecule has 0 spiro atoms. The Bertz CT molecular complexity index is 1050. The highest BCUT2D eigenvalue weighted by Gasteiger charge is 2.28. The van der Waals surface area contributed by atoms with E-state index in [0.29, 0.717) is 24.0 Å². The standard InChI is InChI=1S/C22H21N3O3/c1-16-8-10-17(11-9-16)22(26)24-15-5-4-14-23(24)20-12-13-21(25(27)28)19-7-3-2-6-18(19)20/h2-3,6-13H,4-5,14-15H2,1H3. The molecule has 1 aliphatic rings. The molecular weight excluding hydrogens is 354 g/mol. The Morgan fingerprint density at radius 2 is 1.61 bits per heavy atom. The molecule has 3 aromatic carbocycles. The molecular formula is C22H21N3O3. The quantitative estimate of drug-likeness (QED) is 0.491. The minimum absolute atomic E-state index is 0.0536. The average molecular weight is 375 g/mol. The zero-order chi connectivity index (χ0) is 19.7. The summed E-state index contributed by atoms with van der Waals surface area (Å²) >= 11 is 0. The van der Waals surface area contributed by atoms with Crippen molar-refractivity contribution in [2.45, 2.75) is 19.8 Å². The summed E-state index contributed by atoms with van der Waals surface area (Å²) < 4.78 is 0. The van der Waals surface area contributed by atoms with Crippen LogP contribution in [-0.4, -0.2) is 28.9 Å². The molecule has 1 saturated heterocycles. The summed E-state index contributed by atoms with van der Waals surface area (Å²) in [7, 11) is 0. The van der Waals surface area contributed by atoms with E-state index in [1.54, 1.807) is 23.2 Å². The number of aryl methyl sites for hydroxylation is 1. The molecule has 4 rings (SSSR count). The molecule has 3 aromatic rings. The lowest BCUT2D eigenvalue weighted by molar-refractivity contribution is -0.383. The van der Waals surface area contributed by atoms with Crippen LogP contribution in [0.25, 0.3) is 10.8 Å². The molecule has 1 heterocycles. The van der Waals surface area contributed by atoms with Gasteiger partial charge in [0.15, 0.2) is 0 Å². The fourth-order valence-electron chi connectivity index (χ4n) is 3.72. The van der Waals surface area contributed by atoms with Gasteiger partial charge in [-0.15, -0.1) is 0 Å². The summed E-state index contributed by atoms with van der Waals surface area (Å²) in [5, 5.41) is 16.5. The van der Waals surface area contributed by atoms with Crippen LogP contribution in [-0.2, 0) is 0 Å². The first-order valence-corrected chi connectivity index (χ1v) is 9.38. The number of rotatable bonds is 3. The smallest absolute Gasteiger partial charge is 0.277 e. The topological polar surface area (TPSA) is 66.7 Å². The lowest BCUT2D eigenvalue weighted by atomic mass is 10.1. The minimum Gasteiger partial charge on any atom is -0.282 e. The van der Waals surface area contributed by atoms with Gasteiger partial charge in [-0.2, -0.15) is 0 Å². The van der Waals surface area contributed by atoms with E-state index in [9.17, 15) is 14.9 Å². The van der Waals surface area contributed by atoms with Gasteiger partial charge in [0.1, 0.15) is 0 Å². The molecule has 1 amide bonds. The van der Waals surface area contributed by atoms with Gasteiger partial charge in [-0.3, -0.25) is 19.9 Å². The van der Waals surface area contributed by atoms with E-state index in [4.69, 9.17) is 0 Å². The first kappa shape index (κ1) is 18.0. The molecule has 0 unspecified atom stereocenters. The van der Waals surface area contributed by atoms with E-state index >= 15 is 0 Å². The maximum Gasteiger partial charge on any atom is 0.277 e. The largest absolute Gasteiger partial charge is 0.282 e. The Morgan fingerprint density at radius 3 is 2.32 bits per heavy atom. The number of hydrogen-bond donors (Lipinski definition) is 0. The summed E-state index contributed by atoms with van der Waals surface area (Å²) in [5.41, 5.74) is 2.64. The zero-order valence-corrected chi connectivity index (χ0v) is 15.7. The van der Waals surface area contributed by atoms with E-state index in [1.165, 1.54) is 6.07 Å². The number of anilines is 1. The van der Waals surface area contributed by atoms with Crippen molar-refractivity contribution in [3.8, 4) is 0 Å². The molecule has 6 heteroatoms. The molecule has 0 saturated carbocycles. The number of carbonyl (C=O) groups is 1. The maximum atomic E-state index is 13.2. The van der Waals surface area contributed by atoms with Gasteiger partial charge in [-0.05, 0) is 44.0 Å². The monoisotopic (exact) mass is 375 g/mol. The third-order valence-electron chi connectivity index (χ3n) is 5.17. The highest BCUT2D eigenvalue weighted by atomic mass is 16.6. The van der Waals surface area contributed by atoms with Gasteiger partial charge in [0, 0.05) is 30.1 Å². The number of nitrogens with zero attached hydrogens (tertiary/aromatic N) is 3. The first-order valence-electron chi connectivity index (χ1n) is 9.38. The highest BCUT2D eigenvalue weighted by molar-refractivity contribution is 6.01. The fourth-order valence-corrected chi connectivity index (χ4v) is 3.72. The summed E-state index contributed by atoms with van der Waals surface area (Å²) in [5.74, 6) is -0.0536. The Balaban J connectivity index is 1.78.